The van der Waals surface area contributed by atoms with Crippen LogP contribution in [0.4, 0.5) is 5.69 Å². The highest BCUT2D eigenvalue weighted by Crippen LogP contribution is 2.25. The molecule has 0 bridgehead atoms. The third-order valence-corrected chi connectivity index (χ3v) is 6.09. The predicted octanol–water partition coefficient (Wildman–Crippen LogP) is 4.10. The number of hydrogen-bond acceptors (Lipinski definition) is 5. The molecular formula is C23H29N3O4S. The molecule has 0 saturated carbocycles. The molecule has 1 aliphatic rings. The number of hydrazine groups is 1. The number of allylic oxidation sites excluding steroid dienone is 2. The van der Waals surface area contributed by atoms with Crippen molar-refractivity contribution in [1.29, 1.82) is 0 Å². The van der Waals surface area contributed by atoms with Crippen LogP contribution in [0.5, 0.6) is 11.5 Å². The summed E-state index contributed by atoms with van der Waals surface area (Å²) in [4.78, 5) is 12.4. The largest absolute Gasteiger partial charge is 0.457 e. The van der Waals surface area contributed by atoms with Gasteiger partial charge in [0.1, 0.15) is 18.0 Å². The van der Waals surface area contributed by atoms with E-state index in [0.717, 1.165) is 41.9 Å². The van der Waals surface area contributed by atoms with Crippen LogP contribution < -0.4 is 19.9 Å². The maximum absolute atomic E-state index is 12.4. The van der Waals surface area contributed by atoms with Gasteiger partial charge < -0.3 is 10.2 Å². The number of ether oxygens (including phenoxy) is 1. The lowest BCUT2D eigenvalue weighted by atomic mass is 10.0. The minimum Gasteiger partial charge on any atom is -0.457 e. The van der Waals surface area contributed by atoms with Crippen molar-refractivity contribution in [2.75, 3.05) is 17.1 Å². The Morgan fingerprint density at radius 1 is 0.968 bits per heavy atom. The Balaban J connectivity index is 1.62. The quantitative estimate of drug-likeness (QED) is 0.600. The van der Waals surface area contributed by atoms with E-state index < -0.39 is 15.9 Å². The van der Waals surface area contributed by atoms with Crippen molar-refractivity contribution in [3.63, 3.8) is 0 Å². The zero-order valence-electron chi connectivity index (χ0n) is 17.7. The van der Waals surface area contributed by atoms with Crippen molar-refractivity contribution in [2.45, 2.75) is 38.5 Å². The van der Waals surface area contributed by atoms with E-state index in [1.807, 2.05) is 30.3 Å². The molecule has 0 spiro atoms. The molecular weight excluding hydrogens is 414 g/mol. The molecule has 0 heterocycles. The number of carbonyl (C=O) groups excluding carboxylic acids is 1. The summed E-state index contributed by atoms with van der Waals surface area (Å²) in [5.41, 5.74) is 6.95. The Hall–Kier alpha value is -3.00. The summed E-state index contributed by atoms with van der Waals surface area (Å²) in [5, 5.41) is 0. The van der Waals surface area contributed by atoms with E-state index >= 15 is 0 Å². The highest BCUT2D eigenvalue weighted by atomic mass is 32.2. The van der Waals surface area contributed by atoms with Crippen LogP contribution in [0.15, 0.2) is 66.4 Å². The molecule has 0 atom stereocenters. The number of anilines is 1. The number of amides is 1. The second-order valence-corrected chi connectivity index (χ2v) is 9.44. The Labute approximate surface area is 184 Å². The first-order valence-electron chi connectivity index (χ1n) is 10.5. The van der Waals surface area contributed by atoms with Crippen LogP contribution in [-0.2, 0) is 14.8 Å². The van der Waals surface area contributed by atoms with Crippen LogP contribution >= 0.6 is 0 Å². The summed E-state index contributed by atoms with van der Waals surface area (Å²) in [6, 6.07) is 15.9. The minimum atomic E-state index is -3.65. The van der Waals surface area contributed by atoms with Gasteiger partial charge in [-0.05, 0) is 62.1 Å². The normalized spacial score (nSPS) is 14.5. The molecule has 1 amide bonds. The van der Waals surface area contributed by atoms with E-state index in [1.165, 1.54) is 12.8 Å². The van der Waals surface area contributed by atoms with E-state index in [1.54, 1.807) is 24.3 Å². The summed E-state index contributed by atoms with van der Waals surface area (Å²) in [6.07, 6.45) is 9.66. The molecule has 166 valence electrons. The molecule has 0 radical (unpaired) electrons. The first-order valence-corrected chi connectivity index (χ1v) is 12.3. The molecule has 2 aromatic carbocycles. The van der Waals surface area contributed by atoms with Crippen LogP contribution in [0.2, 0.25) is 0 Å². The highest BCUT2D eigenvalue weighted by Gasteiger charge is 2.21. The maximum Gasteiger partial charge on any atom is 0.259 e. The molecule has 2 aromatic rings. The van der Waals surface area contributed by atoms with E-state index in [-0.39, 0.29) is 6.54 Å². The molecule has 1 aliphatic carbocycles. The number of sulfonamides is 1. The summed E-state index contributed by atoms with van der Waals surface area (Å²) in [5.74, 6) is 0.827. The van der Waals surface area contributed by atoms with E-state index in [4.69, 9.17) is 4.74 Å². The summed E-state index contributed by atoms with van der Waals surface area (Å²) < 4.78 is 31.4. The Kier molecular flexibility index (Phi) is 7.94. The molecule has 31 heavy (non-hydrogen) atoms. The Morgan fingerprint density at radius 3 is 2.35 bits per heavy atom. The lowest BCUT2D eigenvalue weighted by molar-refractivity contribution is -0.120. The standard InChI is InChI=1S/C23H29N3O4S/c1-31(28,29)26(18-23(27)25-24-19-10-6-3-2-4-7-11-19)20-14-16-22(17-15-20)30-21-12-8-5-9-13-21/h5,8-10,12-17,24H,2-4,6-7,11,18H2,1H3,(H,25,27). The second-order valence-electron chi connectivity index (χ2n) is 7.53. The van der Waals surface area contributed by atoms with Gasteiger partial charge in [-0.3, -0.25) is 14.5 Å². The number of para-hydroxylation sites is 1. The van der Waals surface area contributed by atoms with Crippen molar-refractivity contribution in [1.82, 2.24) is 10.9 Å². The Bertz CT molecular complexity index is 989. The monoisotopic (exact) mass is 443 g/mol. The third-order valence-electron chi connectivity index (χ3n) is 4.94. The van der Waals surface area contributed by atoms with Gasteiger partial charge in [0.2, 0.25) is 10.0 Å². The van der Waals surface area contributed by atoms with Gasteiger partial charge >= 0.3 is 0 Å². The summed E-state index contributed by atoms with van der Waals surface area (Å²) >= 11 is 0. The van der Waals surface area contributed by atoms with E-state index in [2.05, 4.69) is 16.9 Å². The molecule has 0 unspecified atom stereocenters. The lowest BCUT2D eigenvalue weighted by Crippen LogP contribution is -2.45. The number of carbonyl (C=O) groups is 1. The topological polar surface area (TPSA) is 87.7 Å². The van der Waals surface area contributed by atoms with Gasteiger partial charge in [-0.1, -0.05) is 37.1 Å². The van der Waals surface area contributed by atoms with E-state index in [0.29, 0.717) is 17.2 Å². The lowest BCUT2D eigenvalue weighted by Gasteiger charge is -2.23. The number of benzene rings is 2. The number of nitrogens with one attached hydrogen (secondary N) is 2. The van der Waals surface area contributed by atoms with Crippen LogP contribution in [0.25, 0.3) is 0 Å². The summed E-state index contributed by atoms with van der Waals surface area (Å²) in [6.45, 7) is -0.321. The number of hydrogen-bond donors (Lipinski definition) is 2. The van der Waals surface area contributed by atoms with Crippen molar-refractivity contribution in [2.24, 2.45) is 0 Å². The van der Waals surface area contributed by atoms with Gasteiger partial charge in [-0.2, -0.15) is 0 Å². The fourth-order valence-electron chi connectivity index (χ4n) is 3.33. The molecule has 3 rings (SSSR count). The SMILES string of the molecule is CS(=O)(=O)N(CC(=O)NNC1=CCCCCCC1)c1ccc(Oc2ccccc2)cc1. The first kappa shape index (κ1) is 22.7. The van der Waals surface area contributed by atoms with Gasteiger partial charge in [0.25, 0.3) is 5.91 Å². The van der Waals surface area contributed by atoms with Crippen molar-refractivity contribution >= 4 is 21.6 Å². The fourth-order valence-corrected chi connectivity index (χ4v) is 4.19. The zero-order chi connectivity index (χ0) is 22.1. The average molecular weight is 444 g/mol. The van der Waals surface area contributed by atoms with Crippen molar-refractivity contribution in [3.8, 4) is 11.5 Å². The highest BCUT2D eigenvalue weighted by molar-refractivity contribution is 7.92. The maximum atomic E-state index is 12.4. The van der Waals surface area contributed by atoms with Crippen LogP contribution in [-0.4, -0.2) is 27.1 Å². The Morgan fingerprint density at radius 2 is 1.65 bits per heavy atom. The first-order chi connectivity index (χ1) is 14.9. The van der Waals surface area contributed by atoms with Gasteiger partial charge in [0, 0.05) is 5.70 Å². The predicted molar refractivity (Wildman–Crippen MR) is 122 cm³/mol. The van der Waals surface area contributed by atoms with Crippen molar-refractivity contribution < 1.29 is 17.9 Å². The minimum absolute atomic E-state index is 0.321. The van der Waals surface area contributed by atoms with Crippen LogP contribution in [0.1, 0.15) is 38.5 Å². The van der Waals surface area contributed by atoms with Gasteiger partial charge in [0.15, 0.2) is 0 Å². The molecule has 0 aromatic heterocycles. The number of rotatable bonds is 8. The van der Waals surface area contributed by atoms with Crippen molar-refractivity contribution in [3.05, 3.63) is 66.4 Å². The molecule has 2 N–H and O–H groups in total. The van der Waals surface area contributed by atoms with Gasteiger partial charge in [-0.15, -0.1) is 0 Å². The molecule has 8 heteroatoms. The molecule has 0 fully saturated rings. The fraction of sp³-hybridized carbons (Fsp3) is 0.348. The molecule has 0 aliphatic heterocycles. The molecule has 7 nitrogen and oxygen atoms in total. The number of nitrogens with zero attached hydrogens (tertiary/aromatic N) is 1. The van der Waals surface area contributed by atoms with Crippen LogP contribution in [0.3, 0.4) is 0 Å². The summed E-state index contributed by atoms with van der Waals surface area (Å²) in [7, 11) is -3.65. The molecule has 0 saturated heterocycles. The average Bonchev–Trinajstić information content (AvgIpc) is 2.72. The van der Waals surface area contributed by atoms with Crippen LogP contribution in [0, 0.1) is 0 Å². The second kappa shape index (κ2) is 10.9. The third kappa shape index (κ3) is 7.32. The van der Waals surface area contributed by atoms with Gasteiger partial charge in [-0.25, -0.2) is 8.42 Å². The smallest absolute Gasteiger partial charge is 0.259 e. The zero-order valence-corrected chi connectivity index (χ0v) is 18.5. The van der Waals surface area contributed by atoms with Gasteiger partial charge in [0.05, 0.1) is 11.9 Å². The van der Waals surface area contributed by atoms with E-state index in [9.17, 15) is 13.2 Å².